The number of ketones is 1. The summed E-state index contributed by atoms with van der Waals surface area (Å²) in [7, 11) is 0. The Morgan fingerprint density at radius 1 is 1.55 bits per heavy atom. The summed E-state index contributed by atoms with van der Waals surface area (Å²) in [6.07, 6.45) is 1.40. The Morgan fingerprint density at radius 2 is 2.20 bits per heavy atom. The first-order valence-corrected chi connectivity index (χ1v) is 6.66. The molecular weight excluding hydrogens is 260 g/mol. The van der Waals surface area contributed by atoms with Crippen LogP contribution in [0.1, 0.15) is 33.6 Å². The molecule has 112 valence electrons. The maximum atomic E-state index is 11.8. The highest BCUT2D eigenvalue weighted by Crippen LogP contribution is 2.17. The van der Waals surface area contributed by atoms with E-state index in [2.05, 4.69) is 17.2 Å². The highest BCUT2D eigenvalue weighted by Gasteiger charge is 2.31. The molecule has 0 bridgehead atoms. The van der Waals surface area contributed by atoms with Gasteiger partial charge in [0.2, 0.25) is 5.91 Å². The smallest absolute Gasteiger partial charge is 0.408 e. The molecule has 0 radical (unpaired) electrons. The van der Waals surface area contributed by atoms with Crippen molar-refractivity contribution < 1.29 is 19.1 Å². The molecule has 2 N–H and O–H groups in total. The number of amides is 2. The molecule has 0 aromatic carbocycles. The van der Waals surface area contributed by atoms with Crippen LogP contribution in [-0.2, 0) is 14.3 Å². The number of alkyl carbamates (subject to hydrolysis) is 1. The van der Waals surface area contributed by atoms with Crippen LogP contribution in [0.3, 0.4) is 0 Å². The van der Waals surface area contributed by atoms with Gasteiger partial charge in [-0.15, -0.1) is 0 Å². The van der Waals surface area contributed by atoms with Gasteiger partial charge in [-0.25, -0.2) is 4.79 Å². The molecule has 1 saturated heterocycles. The summed E-state index contributed by atoms with van der Waals surface area (Å²) in [6.45, 7) is 9.23. The first-order chi connectivity index (χ1) is 9.23. The molecule has 2 atom stereocenters. The summed E-state index contributed by atoms with van der Waals surface area (Å²) in [5, 5.41) is 5.21. The van der Waals surface area contributed by atoms with E-state index in [0.29, 0.717) is 13.0 Å². The Kier molecular flexibility index (Phi) is 5.30. The summed E-state index contributed by atoms with van der Waals surface area (Å²) in [5.41, 5.74) is -0.642. The standard InChI is InChI=1S/C14H22N2O4/c1-5-11(17)10(8-9-6-7-15-12(9)18)16-13(19)20-14(2,3)4/h5,9-10H,1,6-8H2,2-4H3,(H,15,18)(H,16,19)/t9?,10-/m0/s1. The number of carbonyl (C=O) groups is 3. The molecule has 6 nitrogen and oxygen atoms in total. The van der Waals surface area contributed by atoms with Crippen LogP contribution in [0.4, 0.5) is 4.79 Å². The van der Waals surface area contributed by atoms with Crippen LogP contribution in [0, 0.1) is 5.92 Å². The minimum Gasteiger partial charge on any atom is -0.444 e. The van der Waals surface area contributed by atoms with Crippen molar-refractivity contribution in [2.24, 2.45) is 5.92 Å². The lowest BCUT2D eigenvalue weighted by Crippen LogP contribution is -2.44. The average molecular weight is 282 g/mol. The number of hydrogen-bond donors (Lipinski definition) is 2. The molecule has 1 aliphatic heterocycles. The zero-order valence-electron chi connectivity index (χ0n) is 12.2. The van der Waals surface area contributed by atoms with E-state index < -0.39 is 17.7 Å². The number of hydrogen-bond acceptors (Lipinski definition) is 4. The number of nitrogens with one attached hydrogen (secondary N) is 2. The predicted octanol–water partition coefficient (Wildman–Crippen LogP) is 1.16. The van der Waals surface area contributed by atoms with Gasteiger partial charge in [-0.3, -0.25) is 9.59 Å². The second-order valence-electron chi connectivity index (χ2n) is 5.82. The first kappa shape index (κ1) is 16.2. The van der Waals surface area contributed by atoms with E-state index in [9.17, 15) is 14.4 Å². The second kappa shape index (κ2) is 6.54. The molecule has 2 amide bonds. The van der Waals surface area contributed by atoms with E-state index in [-0.39, 0.29) is 24.0 Å². The largest absolute Gasteiger partial charge is 0.444 e. The van der Waals surface area contributed by atoms with Gasteiger partial charge in [-0.05, 0) is 39.7 Å². The molecule has 1 fully saturated rings. The molecule has 1 aliphatic rings. The number of rotatable bonds is 5. The monoisotopic (exact) mass is 282 g/mol. The second-order valence-corrected chi connectivity index (χ2v) is 5.82. The quantitative estimate of drug-likeness (QED) is 0.741. The van der Waals surface area contributed by atoms with Crippen LogP contribution in [0.25, 0.3) is 0 Å². The summed E-state index contributed by atoms with van der Waals surface area (Å²) in [4.78, 5) is 35.1. The topological polar surface area (TPSA) is 84.5 Å². The average Bonchev–Trinajstić information content (AvgIpc) is 2.70. The number of carbonyl (C=O) groups excluding carboxylic acids is 3. The molecule has 0 aromatic rings. The minimum atomic E-state index is -0.781. The fourth-order valence-corrected chi connectivity index (χ4v) is 1.99. The van der Waals surface area contributed by atoms with Crippen LogP contribution < -0.4 is 10.6 Å². The predicted molar refractivity (Wildman–Crippen MR) is 74.1 cm³/mol. The third-order valence-electron chi connectivity index (χ3n) is 2.92. The Labute approximate surface area is 118 Å². The summed E-state index contributed by atoms with van der Waals surface area (Å²) >= 11 is 0. The normalized spacial score (nSPS) is 19.9. The van der Waals surface area contributed by atoms with E-state index >= 15 is 0 Å². The van der Waals surface area contributed by atoms with Crippen molar-refractivity contribution in [1.82, 2.24) is 10.6 Å². The van der Waals surface area contributed by atoms with Crippen LogP contribution in [0.2, 0.25) is 0 Å². The van der Waals surface area contributed by atoms with Crippen LogP contribution in [0.15, 0.2) is 12.7 Å². The summed E-state index contributed by atoms with van der Waals surface area (Å²) in [5.74, 6) is -0.674. The van der Waals surface area contributed by atoms with E-state index in [1.54, 1.807) is 20.8 Å². The minimum absolute atomic E-state index is 0.0853. The molecule has 0 aromatic heterocycles. The maximum Gasteiger partial charge on any atom is 0.408 e. The van der Waals surface area contributed by atoms with Crippen molar-refractivity contribution in [2.45, 2.75) is 45.3 Å². The molecule has 6 heteroatoms. The fourth-order valence-electron chi connectivity index (χ4n) is 1.99. The first-order valence-electron chi connectivity index (χ1n) is 6.66. The Bertz CT molecular complexity index is 412. The SMILES string of the molecule is C=CC(=O)[C@H](CC1CCNC1=O)NC(=O)OC(C)(C)C. The van der Waals surface area contributed by atoms with Crippen molar-refractivity contribution in [3.63, 3.8) is 0 Å². The Hall–Kier alpha value is -1.85. The van der Waals surface area contributed by atoms with Gasteiger partial charge >= 0.3 is 6.09 Å². The van der Waals surface area contributed by atoms with Crippen molar-refractivity contribution in [2.75, 3.05) is 6.54 Å². The highest BCUT2D eigenvalue weighted by molar-refractivity contribution is 5.96. The fraction of sp³-hybridized carbons (Fsp3) is 0.643. The number of ether oxygens (including phenoxy) is 1. The molecule has 1 unspecified atom stereocenters. The zero-order valence-corrected chi connectivity index (χ0v) is 12.2. The molecule has 1 heterocycles. The summed E-state index contributed by atoms with van der Waals surface area (Å²) < 4.78 is 5.12. The van der Waals surface area contributed by atoms with Crippen molar-refractivity contribution >= 4 is 17.8 Å². The highest BCUT2D eigenvalue weighted by atomic mass is 16.6. The lowest BCUT2D eigenvalue weighted by Gasteiger charge is -2.23. The van der Waals surface area contributed by atoms with Crippen molar-refractivity contribution in [3.05, 3.63) is 12.7 Å². The Morgan fingerprint density at radius 3 is 2.65 bits per heavy atom. The van der Waals surface area contributed by atoms with Crippen LogP contribution in [-0.4, -0.2) is 36.0 Å². The third kappa shape index (κ3) is 5.03. The Balaban J connectivity index is 2.65. The van der Waals surface area contributed by atoms with E-state index in [1.165, 1.54) is 0 Å². The molecule has 0 aliphatic carbocycles. The van der Waals surface area contributed by atoms with Gasteiger partial charge < -0.3 is 15.4 Å². The van der Waals surface area contributed by atoms with Gasteiger partial charge in [0, 0.05) is 12.5 Å². The van der Waals surface area contributed by atoms with Crippen LogP contribution in [0.5, 0.6) is 0 Å². The van der Waals surface area contributed by atoms with Crippen molar-refractivity contribution in [1.29, 1.82) is 0 Å². The lowest BCUT2D eigenvalue weighted by molar-refractivity contribution is -0.123. The van der Waals surface area contributed by atoms with Crippen molar-refractivity contribution in [3.8, 4) is 0 Å². The zero-order chi connectivity index (χ0) is 15.3. The van der Waals surface area contributed by atoms with E-state index in [1.807, 2.05) is 0 Å². The lowest BCUT2D eigenvalue weighted by atomic mass is 9.96. The summed E-state index contributed by atoms with van der Waals surface area (Å²) in [6, 6.07) is -0.781. The van der Waals surface area contributed by atoms with Gasteiger partial charge in [-0.2, -0.15) is 0 Å². The van der Waals surface area contributed by atoms with E-state index in [0.717, 1.165) is 6.08 Å². The van der Waals surface area contributed by atoms with Crippen LogP contribution >= 0.6 is 0 Å². The maximum absolute atomic E-state index is 11.8. The van der Waals surface area contributed by atoms with E-state index in [4.69, 9.17) is 4.74 Å². The van der Waals surface area contributed by atoms with Gasteiger partial charge in [0.25, 0.3) is 0 Å². The molecule has 0 saturated carbocycles. The third-order valence-corrected chi connectivity index (χ3v) is 2.92. The van der Waals surface area contributed by atoms with Gasteiger partial charge in [0.05, 0.1) is 6.04 Å². The van der Waals surface area contributed by atoms with Gasteiger partial charge in [0.15, 0.2) is 5.78 Å². The molecule has 20 heavy (non-hydrogen) atoms. The van der Waals surface area contributed by atoms with Gasteiger partial charge in [-0.1, -0.05) is 6.58 Å². The molecule has 0 spiro atoms. The molecule has 1 rings (SSSR count). The molecular formula is C14H22N2O4. The van der Waals surface area contributed by atoms with Gasteiger partial charge in [0.1, 0.15) is 5.60 Å².